The summed E-state index contributed by atoms with van der Waals surface area (Å²) in [5, 5.41) is 6.86. The highest BCUT2D eigenvalue weighted by Crippen LogP contribution is 2.27. The van der Waals surface area contributed by atoms with Gasteiger partial charge in [0.1, 0.15) is 11.3 Å². The molecule has 0 aliphatic rings. The lowest BCUT2D eigenvalue weighted by molar-refractivity contribution is -0.0503. The van der Waals surface area contributed by atoms with Gasteiger partial charge in [-0.3, -0.25) is 4.79 Å². The van der Waals surface area contributed by atoms with E-state index in [1.807, 2.05) is 30.3 Å². The maximum absolute atomic E-state index is 12.8. The van der Waals surface area contributed by atoms with Gasteiger partial charge in [-0.2, -0.15) is 13.9 Å². The van der Waals surface area contributed by atoms with E-state index in [0.29, 0.717) is 28.9 Å². The molecule has 4 aromatic rings. The lowest BCUT2D eigenvalue weighted by atomic mass is 10.0. The molecule has 4 rings (SSSR count). The largest absolute Gasteiger partial charge is 0.435 e. The molecule has 0 spiro atoms. The summed E-state index contributed by atoms with van der Waals surface area (Å²) in [7, 11) is 0. The number of amides is 1. The Morgan fingerprint density at radius 2 is 1.97 bits per heavy atom. The van der Waals surface area contributed by atoms with Crippen molar-refractivity contribution in [3.63, 3.8) is 0 Å². The Kier molecular flexibility index (Phi) is 5.15. The summed E-state index contributed by atoms with van der Waals surface area (Å²) in [6.45, 7) is -2.94. The van der Waals surface area contributed by atoms with Crippen molar-refractivity contribution in [2.24, 2.45) is 0 Å². The molecule has 0 aliphatic heterocycles. The average Bonchev–Trinajstić information content (AvgIpc) is 3.15. The van der Waals surface area contributed by atoms with E-state index < -0.39 is 12.5 Å². The van der Waals surface area contributed by atoms with Crippen molar-refractivity contribution in [2.45, 2.75) is 13.0 Å². The minimum atomic E-state index is -2.94. The Hall–Kier alpha value is -3.81. The maximum atomic E-state index is 12.8. The molecule has 2 aromatic heterocycles. The summed E-state index contributed by atoms with van der Waals surface area (Å²) in [6.07, 6.45) is 5.07. The zero-order chi connectivity index (χ0) is 20.2. The summed E-state index contributed by atoms with van der Waals surface area (Å²) in [4.78, 5) is 16.8. The van der Waals surface area contributed by atoms with Crippen LogP contribution in [0.2, 0.25) is 0 Å². The zero-order valence-electron chi connectivity index (χ0n) is 15.1. The molecular formula is C21H16F2N4O2. The second-order valence-corrected chi connectivity index (χ2v) is 6.26. The number of anilines is 1. The molecule has 0 saturated heterocycles. The number of benzene rings is 2. The third kappa shape index (κ3) is 4.21. The van der Waals surface area contributed by atoms with Gasteiger partial charge in [0.05, 0.1) is 6.20 Å². The fraction of sp³-hybridized carbons (Fsp3) is 0.0952. The van der Waals surface area contributed by atoms with Gasteiger partial charge in [0.2, 0.25) is 0 Å². The third-order valence-electron chi connectivity index (χ3n) is 4.30. The van der Waals surface area contributed by atoms with Crippen LogP contribution in [0.1, 0.15) is 21.5 Å². The van der Waals surface area contributed by atoms with Gasteiger partial charge in [-0.25, -0.2) is 9.50 Å². The molecule has 1 amide bonds. The molecule has 1 N–H and O–H groups in total. The van der Waals surface area contributed by atoms with Crippen LogP contribution >= 0.6 is 0 Å². The number of fused-ring (bicyclic) bond motifs is 1. The highest BCUT2D eigenvalue weighted by atomic mass is 19.3. The van der Waals surface area contributed by atoms with E-state index in [-0.39, 0.29) is 5.75 Å². The first-order valence-corrected chi connectivity index (χ1v) is 8.81. The van der Waals surface area contributed by atoms with Gasteiger partial charge >= 0.3 is 6.61 Å². The standard InChI is InChI=1S/C21H16F2N4O2/c22-21(23)29-18-8-7-16(12-15(18)11-14-5-2-1-3-6-14)26-20(28)17-13-25-27-10-4-9-24-19(17)27/h1-10,12-13,21H,11H2,(H,26,28). The fourth-order valence-electron chi connectivity index (χ4n) is 3.01. The van der Waals surface area contributed by atoms with E-state index in [1.54, 1.807) is 24.5 Å². The topological polar surface area (TPSA) is 68.5 Å². The van der Waals surface area contributed by atoms with E-state index in [4.69, 9.17) is 0 Å². The number of rotatable bonds is 6. The summed E-state index contributed by atoms with van der Waals surface area (Å²) < 4.78 is 31.7. The molecule has 0 fully saturated rings. The van der Waals surface area contributed by atoms with Gasteiger partial charge in [-0.15, -0.1) is 0 Å². The minimum Gasteiger partial charge on any atom is -0.435 e. The predicted molar refractivity (Wildman–Crippen MR) is 103 cm³/mol. The van der Waals surface area contributed by atoms with E-state index in [2.05, 4.69) is 20.1 Å². The predicted octanol–water partition coefficient (Wildman–Crippen LogP) is 4.17. The number of carbonyl (C=O) groups excluding carboxylic acids is 1. The Morgan fingerprint density at radius 3 is 2.76 bits per heavy atom. The minimum absolute atomic E-state index is 0.0690. The lowest BCUT2D eigenvalue weighted by Crippen LogP contribution is -2.13. The molecule has 0 atom stereocenters. The highest BCUT2D eigenvalue weighted by molar-refractivity contribution is 6.08. The molecule has 29 heavy (non-hydrogen) atoms. The summed E-state index contributed by atoms with van der Waals surface area (Å²) in [5.74, 6) is -0.327. The summed E-state index contributed by atoms with van der Waals surface area (Å²) in [6, 6.07) is 15.7. The fourth-order valence-corrected chi connectivity index (χ4v) is 3.01. The molecule has 0 radical (unpaired) electrons. The van der Waals surface area contributed by atoms with Crippen LogP contribution in [0.3, 0.4) is 0 Å². The Labute approximate surface area is 164 Å². The molecule has 8 heteroatoms. The molecular weight excluding hydrogens is 378 g/mol. The molecule has 146 valence electrons. The molecule has 2 aromatic carbocycles. The molecule has 0 saturated carbocycles. The van der Waals surface area contributed by atoms with Gasteiger partial charge in [-0.05, 0) is 29.8 Å². The van der Waals surface area contributed by atoms with Crippen LogP contribution in [0.5, 0.6) is 5.75 Å². The monoisotopic (exact) mass is 394 g/mol. The Balaban J connectivity index is 1.61. The van der Waals surface area contributed by atoms with Crippen LogP contribution in [0, 0.1) is 0 Å². The molecule has 0 unspecified atom stereocenters. The van der Waals surface area contributed by atoms with E-state index in [9.17, 15) is 13.6 Å². The number of aromatic nitrogens is 3. The second kappa shape index (κ2) is 8.05. The third-order valence-corrected chi connectivity index (χ3v) is 4.30. The van der Waals surface area contributed by atoms with Crippen molar-refractivity contribution in [3.05, 3.63) is 89.9 Å². The number of ether oxygens (including phenoxy) is 1. The van der Waals surface area contributed by atoms with Crippen molar-refractivity contribution in [1.82, 2.24) is 14.6 Å². The first-order valence-electron chi connectivity index (χ1n) is 8.81. The van der Waals surface area contributed by atoms with Crippen LogP contribution in [-0.2, 0) is 6.42 Å². The quantitative estimate of drug-likeness (QED) is 0.533. The molecule has 0 aliphatic carbocycles. The van der Waals surface area contributed by atoms with Crippen molar-refractivity contribution in [2.75, 3.05) is 5.32 Å². The van der Waals surface area contributed by atoms with Gasteiger partial charge in [0.15, 0.2) is 5.65 Å². The summed E-state index contributed by atoms with van der Waals surface area (Å²) >= 11 is 0. The average molecular weight is 394 g/mol. The van der Waals surface area contributed by atoms with Crippen LogP contribution in [-0.4, -0.2) is 27.1 Å². The van der Waals surface area contributed by atoms with E-state index >= 15 is 0 Å². The van der Waals surface area contributed by atoms with Gasteiger partial charge in [0.25, 0.3) is 5.91 Å². The SMILES string of the molecule is O=C(Nc1ccc(OC(F)F)c(Cc2ccccc2)c1)c1cnn2cccnc12. The second-order valence-electron chi connectivity index (χ2n) is 6.26. The normalized spacial score (nSPS) is 11.0. The first-order chi connectivity index (χ1) is 14.1. The van der Waals surface area contributed by atoms with E-state index in [1.165, 1.54) is 22.8 Å². The molecule has 6 nitrogen and oxygen atoms in total. The number of carbonyl (C=O) groups is 1. The van der Waals surface area contributed by atoms with Gasteiger partial charge in [-0.1, -0.05) is 30.3 Å². The number of hydrogen-bond acceptors (Lipinski definition) is 4. The smallest absolute Gasteiger partial charge is 0.387 e. The Morgan fingerprint density at radius 1 is 1.14 bits per heavy atom. The molecule has 2 heterocycles. The highest BCUT2D eigenvalue weighted by Gasteiger charge is 2.16. The molecule has 0 bridgehead atoms. The van der Waals surface area contributed by atoms with Crippen molar-refractivity contribution in [3.8, 4) is 5.75 Å². The summed E-state index contributed by atoms with van der Waals surface area (Å²) in [5.41, 5.74) is 2.65. The van der Waals surface area contributed by atoms with Crippen LogP contribution in [0.4, 0.5) is 14.5 Å². The number of halogens is 2. The van der Waals surface area contributed by atoms with Crippen molar-refractivity contribution >= 4 is 17.2 Å². The van der Waals surface area contributed by atoms with Gasteiger partial charge < -0.3 is 10.1 Å². The first kappa shape index (κ1) is 18.5. The van der Waals surface area contributed by atoms with Crippen molar-refractivity contribution < 1.29 is 18.3 Å². The van der Waals surface area contributed by atoms with Gasteiger partial charge in [0, 0.05) is 30.1 Å². The van der Waals surface area contributed by atoms with Crippen molar-refractivity contribution in [1.29, 1.82) is 0 Å². The maximum Gasteiger partial charge on any atom is 0.387 e. The number of nitrogens with zero attached hydrogens (tertiary/aromatic N) is 3. The Bertz CT molecular complexity index is 1150. The lowest BCUT2D eigenvalue weighted by Gasteiger charge is -2.13. The number of alkyl halides is 2. The number of nitrogens with one attached hydrogen (secondary N) is 1. The van der Waals surface area contributed by atoms with E-state index in [0.717, 1.165) is 5.56 Å². The zero-order valence-corrected chi connectivity index (χ0v) is 15.1. The van der Waals surface area contributed by atoms with Crippen LogP contribution < -0.4 is 10.1 Å². The van der Waals surface area contributed by atoms with Crippen LogP contribution in [0.15, 0.2) is 73.2 Å². The number of hydrogen-bond donors (Lipinski definition) is 1. The van der Waals surface area contributed by atoms with Crippen LogP contribution in [0.25, 0.3) is 5.65 Å².